The third kappa shape index (κ3) is 2.10. The molecule has 2 aromatic rings. The summed E-state index contributed by atoms with van der Waals surface area (Å²) in [5, 5.41) is 0. The molecular formula is C10H14N6. The molecule has 2 heterocycles. The Hall–Kier alpha value is -2.11. The average molecular weight is 218 g/mol. The number of nitrogens with zero attached hydrogens (tertiary/aromatic N) is 5. The Kier molecular flexibility index (Phi) is 2.72. The molecule has 0 amide bonds. The van der Waals surface area contributed by atoms with Crippen molar-refractivity contribution in [2.24, 2.45) is 7.05 Å². The van der Waals surface area contributed by atoms with Crippen LogP contribution < -0.4 is 10.6 Å². The monoisotopic (exact) mass is 218 g/mol. The van der Waals surface area contributed by atoms with E-state index in [1.54, 1.807) is 12.3 Å². The van der Waals surface area contributed by atoms with Crippen molar-refractivity contribution in [1.82, 2.24) is 19.5 Å². The van der Waals surface area contributed by atoms with Gasteiger partial charge in [-0.2, -0.15) is 0 Å². The van der Waals surface area contributed by atoms with Gasteiger partial charge >= 0.3 is 0 Å². The lowest BCUT2D eigenvalue weighted by Gasteiger charge is -2.17. The van der Waals surface area contributed by atoms with E-state index in [4.69, 9.17) is 5.73 Å². The summed E-state index contributed by atoms with van der Waals surface area (Å²) in [6.07, 6.45) is 5.15. The first kappa shape index (κ1) is 10.4. The van der Waals surface area contributed by atoms with Crippen LogP contribution in [0.25, 0.3) is 0 Å². The third-order valence-corrected chi connectivity index (χ3v) is 2.36. The summed E-state index contributed by atoms with van der Waals surface area (Å²) in [7, 11) is 3.90. The molecule has 84 valence electrons. The van der Waals surface area contributed by atoms with Gasteiger partial charge < -0.3 is 15.2 Å². The van der Waals surface area contributed by atoms with Gasteiger partial charge in [-0.1, -0.05) is 0 Å². The van der Waals surface area contributed by atoms with Crippen LogP contribution in [0, 0.1) is 0 Å². The van der Waals surface area contributed by atoms with Gasteiger partial charge in [0.1, 0.15) is 23.8 Å². The van der Waals surface area contributed by atoms with E-state index in [-0.39, 0.29) is 0 Å². The van der Waals surface area contributed by atoms with E-state index in [9.17, 15) is 0 Å². The zero-order valence-electron chi connectivity index (χ0n) is 9.33. The smallest absolute Gasteiger partial charge is 0.134 e. The molecule has 0 aliphatic carbocycles. The highest BCUT2D eigenvalue weighted by Gasteiger charge is 2.07. The highest BCUT2D eigenvalue weighted by molar-refractivity contribution is 5.45. The van der Waals surface area contributed by atoms with Gasteiger partial charge in [-0.05, 0) is 0 Å². The molecule has 0 fully saturated rings. The fourth-order valence-corrected chi connectivity index (χ4v) is 1.41. The normalized spacial score (nSPS) is 10.4. The number of aryl methyl sites for hydroxylation is 1. The van der Waals surface area contributed by atoms with Crippen molar-refractivity contribution in [3.63, 3.8) is 0 Å². The van der Waals surface area contributed by atoms with E-state index in [0.29, 0.717) is 12.4 Å². The van der Waals surface area contributed by atoms with Crippen molar-refractivity contribution in [2.45, 2.75) is 6.54 Å². The summed E-state index contributed by atoms with van der Waals surface area (Å²) in [5.74, 6) is 2.23. The molecular weight excluding hydrogens is 204 g/mol. The van der Waals surface area contributed by atoms with Crippen molar-refractivity contribution in [3.8, 4) is 0 Å². The second kappa shape index (κ2) is 4.18. The molecule has 16 heavy (non-hydrogen) atoms. The predicted octanol–water partition coefficient (Wildman–Crippen LogP) is 0.429. The SMILES string of the molecule is CN(Cc1nccn1C)c1cc(N)ncn1. The second-order valence-corrected chi connectivity index (χ2v) is 3.61. The van der Waals surface area contributed by atoms with Gasteiger partial charge in [0.15, 0.2) is 0 Å². The van der Waals surface area contributed by atoms with Crippen LogP contribution in [0.3, 0.4) is 0 Å². The molecule has 2 rings (SSSR count). The molecule has 2 aromatic heterocycles. The van der Waals surface area contributed by atoms with Crippen LogP contribution in [-0.4, -0.2) is 26.6 Å². The van der Waals surface area contributed by atoms with Crippen molar-refractivity contribution in [2.75, 3.05) is 17.7 Å². The summed E-state index contributed by atoms with van der Waals surface area (Å²) in [6, 6.07) is 1.74. The summed E-state index contributed by atoms with van der Waals surface area (Å²) in [4.78, 5) is 14.2. The van der Waals surface area contributed by atoms with Crippen LogP contribution >= 0.6 is 0 Å². The van der Waals surface area contributed by atoms with E-state index in [1.165, 1.54) is 6.33 Å². The van der Waals surface area contributed by atoms with Crippen LogP contribution in [0.4, 0.5) is 11.6 Å². The number of rotatable bonds is 3. The third-order valence-electron chi connectivity index (χ3n) is 2.36. The van der Waals surface area contributed by atoms with E-state index in [0.717, 1.165) is 11.6 Å². The van der Waals surface area contributed by atoms with Crippen molar-refractivity contribution >= 4 is 11.6 Å². The number of nitrogens with two attached hydrogens (primary N) is 1. The lowest BCUT2D eigenvalue weighted by molar-refractivity contribution is 0.754. The molecule has 2 N–H and O–H groups in total. The summed E-state index contributed by atoms with van der Waals surface area (Å²) < 4.78 is 1.97. The van der Waals surface area contributed by atoms with Crippen LogP contribution in [0.15, 0.2) is 24.8 Å². The second-order valence-electron chi connectivity index (χ2n) is 3.61. The van der Waals surface area contributed by atoms with Crippen molar-refractivity contribution in [1.29, 1.82) is 0 Å². The molecule has 0 atom stereocenters. The summed E-state index contributed by atoms with van der Waals surface area (Å²) in [5.41, 5.74) is 5.60. The molecule has 0 aliphatic heterocycles. The Morgan fingerprint density at radius 1 is 1.38 bits per heavy atom. The summed E-state index contributed by atoms with van der Waals surface area (Å²) >= 11 is 0. The fraction of sp³-hybridized carbons (Fsp3) is 0.300. The lowest BCUT2D eigenvalue weighted by Crippen LogP contribution is -2.20. The molecule has 6 nitrogen and oxygen atoms in total. The lowest BCUT2D eigenvalue weighted by atomic mass is 10.4. The molecule has 0 spiro atoms. The Balaban J connectivity index is 2.14. The van der Waals surface area contributed by atoms with E-state index < -0.39 is 0 Å². The number of anilines is 2. The fourth-order valence-electron chi connectivity index (χ4n) is 1.41. The quantitative estimate of drug-likeness (QED) is 0.808. The first-order valence-corrected chi connectivity index (χ1v) is 4.91. The Morgan fingerprint density at radius 2 is 2.19 bits per heavy atom. The minimum atomic E-state index is 0.469. The van der Waals surface area contributed by atoms with E-state index in [2.05, 4.69) is 15.0 Å². The van der Waals surface area contributed by atoms with Crippen LogP contribution in [0.5, 0.6) is 0 Å². The van der Waals surface area contributed by atoms with Gasteiger partial charge in [-0.25, -0.2) is 15.0 Å². The number of hydrogen-bond acceptors (Lipinski definition) is 5. The maximum Gasteiger partial charge on any atom is 0.134 e. The molecule has 0 saturated heterocycles. The van der Waals surface area contributed by atoms with Gasteiger partial charge in [-0.15, -0.1) is 0 Å². The Morgan fingerprint density at radius 3 is 2.81 bits per heavy atom. The van der Waals surface area contributed by atoms with E-state index >= 15 is 0 Å². The molecule has 0 aromatic carbocycles. The van der Waals surface area contributed by atoms with Gasteiger partial charge in [0.05, 0.1) is 6.54 Å². The van der Waals surface area contributed by atoms with Crippen LogP contribution in [0.1, 0.15) is 5.82 Å². The van der Waals surface area contributed by atoms with Gasteiger partial charge in [0.25, 0.3) is 0 Å². The molecule has 0 radical (unpaired) electrons. The molecule has 6 heteroatoms. The molecule has 0 aliphatic rings. The van der Waals surface area contributed by atoms with Gasteiger partial charge in [0.2, 0.25) is 0 Å². The highest BCUT2D eigenvalue weighted by atomic mass is 15.2. The topological polar surface area (TPSA) is 72.9 Å². The molecule has 0 unspecified atom stereocenters. The highest BCUT2D eigenvalue weighted by Crippen LogP contribution is 2.12. The average Bonchev–Trinajstić information content (AvgIpc) is 2.64. The predicted molar refractivity (Wildman–Crippen MR) is 61.8 cm³/mol. The maximum atomic E-state index is 5.60. The zero-order valence-corrected chi connectivity index (χ0v) is 9.33. The minimum absolute atomic E-state index is 0.469. The largest absolute Gasteiger partial charge is 0.384 e. The number of nitrogen functional groups attached to an aromatic ring is 1. The number of aromatic nitrogens is 4. The maximum absolute atomic E-state index is 5.60. The Bertz CT molecular complexity index is 478. The molecule has 0 saturated carbocycles. The van der Waals surface area contributed by atoms with Crippen LogP contribution in [0.2, 0.25) is 0 Å². The van der Waals surface area contributed by atoms with Crippen molar-refractivity contribution in [3.05, 3.63) is 30.6 Å². The first-order valence-electron chi connectivity index (χ1n) is 4.91. The Labute approximate surface area is 93.8 Å². The zero-order chi connectivity index (χ0) is 11.5. The van der Waals surface area contributed by atoms with E-state index in [1.807, 2.05) is 29.8 Å². The van der Waals surface area contributed by atoms with Crippen molar-refractivity contribution < 1.29 is 0 Å². The first-order chi connectivity index (χ1) is 7.66. The number of imidazole rings is 1. The molecule has 0 bridgehead atoms. The van der Waals surface area contributed by atoms with Crippen LogP contribution in [-0.2, 0) is 13.6 Å². The minimum Gasteiger partial charge on any atom is -0.384 e. The summed E-state index contributed by atoms with van der Waals surface area (Å²) in [6.45, 7) is 0.681. The number of hydrogen-bond donors (Lipinski definition) is 1. The van der Waals surface area contributed by atoms with Gasteiger partial charge in [0, 0.05) is 32.6 Å². The van der Waals surface area contributed by atoms with Gasteiger partial charge in [-0.3, -0.25) is 0 Å². The standard InChI is InChI=1S/C10H14N6/c1-15-4-3-12-10(15)6-16(2)9-5-8(11)13-7-14-9/h3-5,7H,6H2,1-2H3,(H2,11,13,14).